The number of amides is 1. The monoisotopic (exact) mass is 407 g/mol. The van der Waals surface area contributed by atoms with Gasteiger partial charge in [0.2, 0.25) is 11.8 Å². The molecule has 28 heavy (non-hydrogen) atoms. The molecule has 1 aliphatic heterocycles. The largest absolute Gasteiger partial charge is 0.445 e. The summed E-state index contributed by atoms with van der Waals surface area (Å²) in [5, 5.41) is 7.44. The zero-order chi connectivity index (χ0) is 20.4. The van der Waals surface area contributed by atoms with Crippen LogP contribution < -0.4 is 5.32 Å². The molecule has 2 aromatic heterocycles. The number of hydrogen-bond acceptors (Lipinski definition) is 7. The van der Waals surface area contributed by atoms with E-state index in [1.807, 2.05) is 34.6 Å². The van der Waals surface area contributed by atoms with Gasteiger partial charge in [0.15, 0.2) is 5.89 Å². The lowest BCUT2D eigenvalue weighted by Gasteiger charge is -2.30. The third-order valence-electron chi connectivity index (χ3n) is 5.04. The number of oxazole rings is 1. The zero-order valence-corrected chi connectivity index (χ0v) is 18.0. The predicted molar refractivity (Wildman–Crippen MR) is 109 cm³/mol. The molecule has 0 spiro atoms. The first-order chi connectivity index (χ1) is 13.2. The van der Waals surface area contributed by atoms with E-state index < -0.39 is 10.2 Å². The Balaban J connectivity index is 1.66. The van der Waals surface area contributed by atoms with Crippen LogP contribution in [-0.4, -0.2) is 39.3 Å². The smallest absolute Gasteiger partial charge is 0.242 e. The van der Waals surface area contributed by atoms with Crippen molar-refractivity contribution in [3.05, 3.63) is 29.6 Å². The highest BCUT2D eigenvalue weighted by atomic mass is 32.2. The maximum absolute atomic E-state index is 12.8. The number of ether oxygens (including phenoxy) is 1. The third-order valence-corrected chi connectivity index (χ3v) is 6.62. The van der Waals surface area contributed by atoms with Gasteiger partial charge in [-0.25, -0.2) is 4.98 Å². The Hall–Kier alpha value is -1.80. The number of nitrogens with zero attached hydrogens (tertiary/aromatic N) is 2. The Morgan fingerprint density at radius 1 is 1.29 bits per heavy atom. The van der Waals surface area contributed by atoms with Crippen LogP contribution in [0.25, 0.3) is 0 Å². The number of aromatic nitrogens is 2. The topological polar surface area (TPSA) is 90.4 Å². The van der Waals surface area contributed by atoms with E-state index in [1.54, 1.807) is 24.0 Å². The van der Waals surface area contributed by atoms with Crippen LogP contribution in [0.5, 0.6) is 0 Å². The van der Waals surface area contributed by atoms with Crippen LogP contribution in [0, 0.1) is 0 Å². The van der Waals surface area contributed by atoms with Crippen molar-refractivity contribution in [2.24, 2.45) is 0 Å². The minimum Gasteiger partial charge on any atom is -0.445 e. The second kappa shape index (κ2) is 8.29. The molecule has 154 valence electrons. The summed E-state index contributed by atoms with van der Waals surface area (Å²) < 4.78 is 16.0. The Kier molecular flexibility index (Phi) is 6.19. The van der Waals surface area contributed by atoms with Gasteiger partial charge in [0.05, 0.1) is 22.1 Å². The minimum absolute atomic E-state index is 0.0996. The Morgan fingerprint density at radius 2 is 2.00 bits per heavy atom. The summed E-state index contributed by atoms with van der Waals surface area (Å²) in [7, 11) is 0. The summed E-state index contributed by atoms with van der Waals surface area (Å²) in [5.41, 5.74) is 0.163. The minimum atomic E-state index is -0.578. The van der Waals surface area contributed by atoms with Gasteiger partial charge in [-0.2, -0.15) is 0 Å². The number of hydrogen-bond donors (Lipinski definition) is 1. The molecule has 0 bridgehead atoms. The van der Waals surface area contributed by atoms with Crippen molar-refractivity contribution in [2.45, 2.75) is 69.3 Å². The summed E-state index contributed by atoms with van der Waals surface area (Å²) in [5.74, 6) is 1.64. The summed E-state index contributed by atoms with van der Waals surface area (Å²) in [6.07, 6.45) is 4.40. The van der Waals surface area contributed by atoms with Gasteiger partial charge in [-0.15, -0.1) is 11.8 Å². The van der Waals surface area contributed by atoms with Crippen molar-refractivity contribution in [1.29, 1.82) is 0 Å². The average Bonchev–Trinajstić information content (AvgIpc) is 3.32. The zero-order valence-electron chi connectivity index (χ0n) is 17.2. The van der Waals surface area contributed by atoms with E-state index in [2.05, 4.69) is 15.5 Å². The van der Waals surface area contributed by atoms with Gasteiger partial charge in [-0.3, -0.25) is 10.1 Å². The molecule has 1 fully saturated rings. The van der Waals surface area contributed by atoms with Crippen molar-refractivity contribution in [2.75, 3.05) is 18.5 Å². The van der Waals surface area contributed by atoms with Crippen LogP contribution in [0.1, 0.15) is 64.8 Å². The van der Waals surface area contributed by atoms with Crippen LogP contribution >= 0.6 is 11.8 Å². The fourth-order valence-corrected chi connectivity index (χ4v) is 4.46. The second-order valence-corrected chi connectivity index (χ2v) is 9.99. The van der Waals surface area contributed by atoms with E-state index in [0.717, 1.165) is 32.5 Å². The third kappa shape index (κ3) is 4.60. The van der Waals surface area contributed by atoms with Crippen LogP contribution in [0.15, 0.2) is 21.2 Å². The van der Waals surface area contributed by atoms with E-state index in [4.69, 9.17) is 13.7 Å². The van der Waals surface area contributed by atoms with Gasteiger partial charge < -0.3 is 13.7 Å². The van der Waals surface area contributed by atoms with Gasteiger partial charge in [-0.1, -0.05) is 12.1 Å². The number of thioether (sulfide) groups is 1. The van der Waals surface area contributed by atoms with Crippen molar-refractivity contribution in [1.82, 2.24) is 10.1 Å². The lowest BCUT2D eigenvalue weighted by Crippen LogP contribution is -2.37. The Morgan fingerprint density at radius 3 is 2.64 bits per heavy atom. The molecule has 0 radical (unpaired) electrons. The summed E-state index contributed by atoms with van der Waals surface area (Å²) >= 11 is 1.69. The fraction of sp³-hybridized carbons (Fsp3) is 0.650. The molecule has 3 rings (SSSR count). The molecule has 0 aromatic carbocycles. The molecule has 3 heterocycles. The number of anilines is 1. The second-order valence-electron chi connectivity index (χ2n) is 8.07. The highest BCUT2D eigenvalue weighted by Gasteiger charge is 2.35. The summed E-state index contributed by atoms with van der Waals surface area (Å²) in [6, 6.07) is 1.75. The molecule has 1 N–H and O–H groups in total. The molecule has 7 nitrogen and oxygen atoms in total. The summed E-state index contributed by atoms with van der Waals surface area (Å²) in [4.78, 5) is 17.1. The van der Waals surface area contributed by atoms with Crippen LogP contribution in [0.3, 0.4) is 0 Å². The molecule has 8 heteroatoms. The molecule has 1 aliphatic rings. The van der Waals surface area contributed by atoms with E-state index in [1.165, 1.54) is 0 Å². The van der Waals surface area contributed by atoms with E-state index in [0.29, 0.717) is 28.5 Å². The molecule has 0 aliphatic carbocycles. The molecule has 1 amide bonds. The van der Waals surface area contributed by atoms with Crippen molar-refractivity contribution < 1.29 is 18.5 Å². The first-order valence-corrected chi connectivity index (χ1v) is 10.6. The SMILES string of the molecule is CCc1ncc(C(C)(C)c2cc(NC(=O)C(C)(C)SC3CCOCC3)on2)o1. The summed E-state index contributed by atoms with van der Waals surface area (Å²) in [6.45, 7) is 11.4. The quantitative estimate of drug-likeness (QED) is 0.736. The number of nitrogens with one attached hydrogen (secondary N) is 1. The van der Waals surface area contributed by atoms with Gasteiger partial charge in [0, 0.05) is 31.0 Å². The molecule has 0 saturated carbocycles. The molecule has 0 atom stereocenters. The highest BCUT2D eigenvalue weighted by molar-refractivity contribution is 8.02. The van der Waals surface area contributed by atoms with Gasteiger partial charge in [0.1, 0.15) is 5.76 Å². The fourth-order valence-electron chi connectivity index (χ4n) is 3.04. The normalized spacial score (nSPS) is 16.3. The van der Waals surface area contributed by atoms with Gasteiger partial charge >= 0.3 is 0 Å². The molecule has 2 aromatic rings. The molecular weight excluding hydrogens is 378 g/mol. The molecule has 1 saturated heterocycles. The van der Waals surface area contributed by atoms with Crippen LogP contribution in [0.4, 0.5) is 5.88 Å². The van der Waals surface area contributed by atoms with E-state index in [-0.39, 0.29) is 5.91 Å². The van der Waals surface area contributed by atoms with Crippen molar-refractivity contribution in [3.8, 4) is 0 Å². The van der Waals surface area contributed by atoms with Gasteiger partial charge in [-0.05, 0) is 40.5 Å². The number of carbonyl (C=O) groups is 1. The van der Waals surface area contributed by atoms with Crippen molar-refractivity contribution in [3.63, 3.8) is 0 Å². The average molecular weight is 408 g/mol. The Labute approximate surface area is 170 Å². The number of aryl methyl sites for hydroxylation is 1. The van der Waals surface area contributed by atoms with Gasteiger partial charge in [0.25, 0.3) is 0 Å². The van der Waals surface area contributed by atoms with Crippen molar-refractivity contribution >= 4 is 23.6 Å². The predicted octanol–water partition coefficient (Wildman–Crippen LogP) is 4.18. The van der Waals surface area contributed by atoms with E-state index >= 15 is 0 Å². The van der Waals surface area contributed by atoms with Crippen LogP contribution in [-0.2, 0) is 21.4 Å². The lowest BCUT2D eigenvalue weighted by atomic mass is 9.87. The molecule has 0 unspecified atom stereocenters. The maximum atomic E-state index is 12.8. The first kappa shape index (κ1) is 20.9. The Bertz CT molecular complexity index is 806. The standard InChI is InChI=1S/C20H29N3O4S/c1-6-16-21-12-15(26-16)19(2,3)14-11-17(27-23-14)22-18(24)20(4,5)28-13-7-9-25-10-8-13/h11-13H,6-10H2,1-5H3,(H,22,24). The number of rotatable bonds is 7. The molecular formula is C20H29N3O4S. The lowest BCUT2D eigenvalue weighted by molar-refractivity contribution is -0.117. The first-order valence-electron chi connectivity index (χ1n) is 9.71. The van der Waals surface area contributed by atoms with E-state index in [9.17, 15) is 4.79 Å². The number of carbonyl (C=O) groups excluding carboxylic acids is 1. The van der Waals surface area contributed by atoms with Crippen LogP contribution in [0.2, 0.25) is 0 Å². The maximum Gasteiger partial charge on any atom is 0.242 e. The highest BCUT2D eigenvalue weighted by Crippen LogP contribution is 2.36.